The second kappa shape index (κ2) is 6.21. The van der Waals surface area contributed by atoms with Crippen LogP contribution in [-0.4, -0.2) is 22.0 Å². The average Bonchev–Trinajstić information content (AvgIpc) is 2.41. The summed E-state index contributed by atoms with van der Waals surface area (Å²) in [6.07, 6.45) is 1.33. The summed E-state index contributed by atoms with van der Waals surface area (Å²) in [7, 11) is 0. The second-order valence-corrected chi connectivity index (χ2v) is 5.09. The van der Waals surface area contributed by atoms with Crippen molar-refractivity contribution in [2.24, 2.45) is 0 Å². The van der Waals surface area contributed by atoms with Gasteiger partial charge in [-0.1, -0.05) is 11.8 Å². The van der Waals surface area contributed by atoms with Crippen molar-refractivity contribution in [1.82, 2.24) is 4.98 Å². The molecule has 0 aliphatic heterocycles. The molecule has 2 rings (SSSR count). The molecule has 1 aromatic carbocycles. The largest absolute Gasteiger partial charge is 0.478 e. The number of amides is 1. The summed E-state index contributed by atoms with van der Waals surface area (Å²) in [5, 5.41) is 12.2. The summed E-state index contributed by atoms with van der Waals surface area (Å²) in [6, 6.07) is 10.5. The zero-order chi connectivity index (χ0) is 14.5. The molecule has 1 heterocycles. The fraction of sp³-hybridized carbons (Fsp3) is 0.0714. The highest BCUT2D eigenvalue weighted by atomic mass is 32.2. The topological polar surface area (TPSA) is 79.3 Å². The molecule has 0 fully saturated rings. The highest BCUT2D eigenvalue weighted by Gasteiger charge is 2.04. The Morgan fingerprint density at radius 1 is 1.15 bits per heavy atom. The van der Waals surface area contributed by atoms with Crippen LogP contribution < -0.4 is 5.32 Å². The molecule has 0 aliphatic rings. The Morgan fingerprint density at radius 3 is 2.35 bits per heavy atom. The van der Waals surface area contributed by atoms with Gasteiger partial charge >= 0.3 is 5.97 Å². The minimum absolute atomic E-state index is 0.115. The highest BCUT2D eigenvalue weighted by Crippen LogP contribution is 2.27. The molecule has 5 nitrogen and oxygen atoms in total. The number of benzene rings is 1. The Morgan fingerprint density at radius 2 is 1.85 bits per heavy atom. The quantitative estimate of drug-likeness (QED) is 0.904. The summed E-state index contributed by atoms with van der Waals surface area (Å²) in [5.41, 5.74) is 0.895. The van der Waals surface area contributed by atoms with Crippen molar-refractivity contribution in [3.63, 3.8) is 0 Å². The molecule has 2 N–H and O–H groups in total. The van der Waals surface area contributed by atoms with E-state index in [1.165, 1.54) is 30.9 Å². The predicted molar refractivity (Wildman–Crippen MR) is 76.1 cm³/mol. The van der Waals surface area contributed by atoms with Gasteiger partial charge in [0, 0.05) is 23.7 Å². The lowest BCUT2D eigenvalue weighted by Gasteiger charge is -2.04. The minimum Gasteiger partial charge on any atom is -0.478 e. The summed E-state index contributed by atoms with van der Waals surface area (Å²) < 4.78 is 0. The smallest absolute Gasteiger partial charge is 0.337 e. The maximum atomic E-state index is 10.9. The Balaban J connectivity index is 2.06. The van der Waals surface area contributed by atoms with Crippen LogP contribution in [0.5, 0.6) is 0 Å². The Bertz CT molecular complexity index is 624. The van der Waals surface area contributed by atoms with E-state index < -0.39 is 5.97 Å². The van der Waals surface area contributed by atoms with Gasteiger partial charge in [0.05, 0.1) is 5.56 Å². The van der Waals surface area contributed by atoms with Crippen molar-refractivity contribution in [3.8, 4) is 0 Å². The van der Waals surface area contributed by atoms with E-state index in [-0.39, 0.29) is 11.5 Å². The van der Waals surface area contributed by atoms with Crippen molar-refractivity contribution in [2.45, 2.75) is 16.8 Å². The van der Waals surface area contributed by atoms with Gasteiger partial charge in [0.2, 0.25) is 5.91 Å². The van der Waals surface area contributed by atoms with Crippen LogP contribution in [0.15, 0.2) is 52.5 Å². The van der Waals surface area contributed by atoms with E-state index in [1.807, 2.05) is 12.1 Å². The summed E-state index contributed by atoms with van der Waals surface area (Å²) in [6.45, 7) is 1.45. The zero-order valence-electron chi connectivity index (χ0n) is 10.7. The standard InChI is InChI=1S/C14H12N2O3S/c1-9(17)16-11-3-5-12(6-4-11)20-13-7-2-10(8-15-13)14(18)19/h2-8H,1H3,(H,16,17)(H,18,19). The van der Waals surface area contributed by atoms with Crippen LogP contribution in [0.25, 0.3) is 0 Å². The van der Waals surface area contributed by atoms with E-state index in [1.54, 1.807) is 18.2 Å². The number of carboxylic acids is 1. The van der Waals surface area contributed by atoms with Crippen molar-refractivity contribution in [3.05, 3.63) is 48.2 Å². The van der Waals surface area contributed by atoms with Crippen molar-refractivity contribution in [2.75, 3.05) is 5.32 Å². The molecule has 6 heteroatoms. The van der Waals surface area contributed by atoms with Gasteiger partial charge in [-0.25, -0.2) is 9.78 Å². The van der Waals surface area contributed by atoms with Crippen molar-refractivity contribution >= 4 is 29.3 Å². The number of pyridine rings is 1. The average molecular weight is 288 g/mol. The second-order valence-electron chi connectivity index (χ2n) is 4.00. The van der Waals surface area contributed by atoms with Gasteiger partial charge < -0.3 is 10.4 Å². The van der Waals surface area contributed by atoms with E-state index in [9.17, 15) is 9.59 Å². The Hall–Kier alpha value is -2.34. The van der Waals surface area contributed by atoms with Crippen LogP contribution in [0.4, 0.5) is 5.69 Å². The van der Waals surface area contributed by atoms with Gasteiger partial charge in [-0.2, -0.15) is 0 Å². The first-order chi connectivity index (χ1) is 9.54. The normalized spacial score (nSPS) is 10.1. The fourth-order valence-electron chi connectivity index (χ4n) is 1.50. The fourth-order valence-corrected chi connectivity index (χ4v) is 2.25. The molecule has 20 heavy (non-hydrogen) atoms. The number of rotatable bonds is 4. The molecule has 0 bridgehead atoms. The molecule has 0 saturated carbocycles. The van der Waals surface area contributed by atoms with Crippen LogP contribution >= 0.6 is 11.8 Å². The number of carbonyl (C=O) groups is 2. The molecule has 0 aliphatic carbocycles. The maximum absolute atomic E-state index is 10.9. The lowest BCUT2D eigenvalue weighted by atomic mass is 10.3. The van der Waals surface area contributed by atoms with Crippen LogP contribution in [0.3, 0.4) is 0 Å². The third-order valence-corrected chi connectivity index (χ3v) is 3.34. The number of aromatic nitrogens is 1. The number of carbonyl (C=O) groups excluding carboxylic acids is 1. The number of nitrogens with one attached hydrogen (secondary N) is 1. The van der Waals surface area contributed by atoms with Gasteiger partial charge in [-0.3, -0.25) is 4.79 Å². The number of anilines is 1. The molecule has 0 radical (unpaired) electrons. The summed E-state index contributed by atoms with van der Waals surface area (Å²) >= 11 is 1.42. The first kappa shape index (κ1) is 14.1. The van der Waals surface area contributed by atoms with Gasteiger partial charge in [0.15, 0.2) is 0 Å². The number of nitrogens with zero attached hydrogens (tertiary/aromatic N) is 1. The molecular weight excluding hydrogens is 276 g/mol. The third kappa shape index (κ3) is 3.83. The van der Waals surface area contributed by atoms with Crippen LogP contribution in [0, 0.1) is 0 Å². The Labute approximate surface area is 120 Å². The molecule has 0 atom stereocenters. The first-order valence-electron chi connectivity index (χ1n) is 5.79. The van der Waals surface area contributed by atoms with E-state index in [0.29, 0.717) is 5.03 Å². The molecule has 0 saturated heterocycles. The van der Waals surface area contributed by atoms with E-state index in [2.05, 4.69) is 10.3 Å². The van der Waals surface area contributed by atoms with Gasteiger partial charge in [-0.05, 0) is 36.4 Å². The van der Waals surface area contributed by atoms with Crippen LogP contribution in [0.1, 0.15) is 17.3 Å². The van der Waals surface area contributed by atoms with Gasteiger partial charge in [-0.15, -0.1) is 0 Å². The van der Waals surface area contributed by atoms with E-state index in [0.717, 1.165) is 10.6 Å². The SMILES string of the molecule is CC(=O)Nc1ccc(Sc2ccc(C(=O)O)cn2)cc1. The summed E-state index contributed by atoms with van der Waals surface area (Å²) in [5.74, 6) is -1.11. The number of hydrogen-bond donors (Lipinski definition) is 2. The molecule has 1 amide bonds. The monoisotopic (exact) mass is 288 g/mol. The summed E-state index contributed by atoms with van der Waals surface area (Å²) in [4.78, 5) is 26.6. The Kier molecular flexibility index (Phi) is 4.37. The molecule has 0 spiro atoms. The maximum Gasteiger partial charge on any atom is 0.337 e. The molecular formula is C14H12N2O3S. The van der Waals surface area contributed by atoms with Crippen molar-refractivity contribution < 1.29 is 14.7 Å². The molecule has 102 valence electrons. The number of carboxylic acid groups (broad SMARTS) is 1. The molecule has 1 aromatic heterocycles. The zero-order valence-corrected chi connectivity index (χ0v) is 11.5. The van der Waals surface area contributed by atoms with E-state index >= 15 is 0 Å². The minimum atomic E-state index is -0.992. The van der Waals surface area contributed by atoms with Crippen LogP contribution in [0.2, 0.25) is 0 Å². The third-order valence-electron chi connectivity index (χ3n) is 2.38. The molecule has 2 aromatic rings. The molecule has 0 unspecified atom stereocenters. The van der Waals surface area contributed by atoms with Gasteiger partial charge in [0.25, 0.3) is 0 Å². The van der Waals surface area contributed by atoms with Gasteiger partial charge in [0.1, 0.15) is 5.03 Å². The lowest BCUT2D eigenvalue weighted by Crippen LogP contribution is -2.05. The number of aromatic carboxylic acids is 1. The van der Waals surface area contributed by atoms with E-state index in [4.69, 9.17) is 5.11 Å². The van der Waals surface area contributed by atoms with Crippen molar-refractivity contribution in [1.29, 1.82) is 0 Å². The predicted octanol–water partition coefficient (Wildman–Crippen LogP) is 2.89. The lowest BCUT2D eigenvalue weighted by molar-refractivity contribution is -0.114. The first-order valence-corrected chi connectivity index (χ1v) is 6.61. The number of hydrogen-bond acceptors (Lipinski definition) is 4. The van der Waals surface area contributed by atoms with Crippen LogP contribution in [-0.2, 0) is 4.79 Å². The highest BCUT2D eigenvalue weighted by molar-refractivity contribution is 7.99.